The molecule has 2 unspecified atom stereocenters. The van der Waals surface area contributed by atoms with Gasteiger partial charge in [0.25, 0.3) is 0 Å². The van der Waals surface area contributed by atoms with E-state index >= 15 is 0 Å². The Bertz CT molecular complexity index is 447. The summed E-state index contributed by atoms with van der Waals surface area (Å²) in [6, 6.07) is 9.69. The van der Waals surface area contributed by atoms with Crippen molar-refractivity contribution in [3.05, 3.63) is 35.9 Å². The summed E-state index contributed by atoms with van der Waals surface area (Å²) < 4.78 is 10.3. The van der Waals surface area contributed by atoms with Gasteiger partial charge in [0, 0.05) is 12.8 Å². The molecule has 5 nitrogen and oxygen atoms in total. The highest BCUT2D eigenvalue weighted by atomic mass is 16.6. The molecule has 1 saturated heterocycles. The van der Waals surface area contributed by atoms with Crippen LogP contribution >= 0.6 is 0 Å². The summed E-state index contributed by atoms with van der Waals surface area (Å²) in [7, 11) is 0. The van der Waals surface area contributed by atoms with Crippen LogP contribution in [0.3, 0.4) is 0 Å². The molecule has 0 bridgehead atoms. The van der Waals surface area contributed by atoms with E-state index in [0.717, 1.165) is 5.56 Å². The van der Waals surface area contributed by atoms with Crippen LogP contribution in [-0.4, -0.2) is 41.3 Å². The van der Waals surface area contributed by atoms with E-state index in [1.54, 1.807) is 0 Å². The van der Waals surface area contributed by atoms with Crippen LogP contribution in [0.2, 0.25) is 0 Å². The second-order valence-corrected chi connectivity index (χ2v) is 5.50. The molecule has 0 radical (unpaired) electrons. The zero-order chi connectivity index (χ0) is 15.2. The van der Waals surface area contributed by atoms with Crippen molar-refractivity contribution >= 4 is 5.97 Å². The maximum absolute atomic E-state index is 11.7. The number of esters is 1. The molecule has 1 aromatic rings. The lowest BCUT2D eigenvalue weighted by Crippen LogP contribution is -2.46. The minimum atomic E-state index is -0.906. The molecule has 1 aliphatic heterocycles. The largest absolute Gasteiger partial charge is 0.463 e. The summed E-state index contributed by atoms with van der Waals surface area (Å²) in [4.78, 5) is 11.7. The number of aliphatic hydroxyl groups is 2. The molecule has 1 heterocycles. The molecular formula is C16H22O5. The number of aliphatic hydroxyl groups excluding tert-OH is 2. The third-order valence-electron chi connectivity index (χ3n) is 3.74. The Kier molecular flexibility index (Phi) is 5.73. The third kappa shape index (κ3) is 4.81. The van der Waals surface area contributed by atoms with Crippen LogP contribution in [0.15, 0.2) is 30.3 Å². The maximum Gasteiger partial charge on any atom is 0.306 e. The van der Waals surface area contributed by atoms with Gasteiger partial charge in [-0.2, -0.15) is 0 Å². The van der Waals surface area contributed by atoms with Crippen molar-refractivity contribution in [2.45, 2.75) is 44.7 Å². The maximum atomic E-state index is 11.7. The normalized spacial score (nSPS) is 29.1. The molecule has 0 amide bonds. The van der Waals surface area contributed by atoms with Gasteiger partial charge in [-0.05, 0) is 17.9 Å². The van der Waals surface area contributed by atoms with Gasteiger partial charge in [0.2, 0.25) is 0 Å². The zero-order valence-corrected chi connectivity index (χ0v) is 12.1. The number of hydrogen-bond donors (Lipinski definition) is 2. The number of ether oxygens (including phenoxy) is 2. The van der Waals surface area contributed by atoms with Gasteiger partial charge in [-0.15, -0.1) is 0 Å². The van der Waals surface area contributed by atoms with Crippen molar-refractivity contribution in [3.8, 4) is 0 Å². The van der Waals surface area contributed by atoms with Crippen molar-refractivity contribution < 1.29 is 24.5 Å². The van der Waals surface area contributed by atoms with Crippen molar-refractivity contribution in [2.24, 2.45) is 5.92 Å². The molecule has 2 rings (SSSR count). The average molecular weight is 294 g/mol. The lowest BCUT2D eigenvalue weighted by atomic mass is 9.93. The second-order valence-electron chi connectivity index (χ2n) is 5.50. The first-order chi connectivity index (χ1) is 10.1. The van der Waals surface area contributed by atoms with E-state index < -0.39 is 18.5 Å². The minimum absolute atomic E-state index is 0.0316. The van der Waals surface area contributed by atoms with Crippen molar-refractivity contribution in [3.63, 3.8) is 0 Å². The van der Waals surface area contributed by atoms with Gasteiger partial charge in [0.1, 0.15) is 12.7 Å². The van der Waals surface area contributed by atoms with Gasteiger partial charge in [-0.3, -0.25) is 4.79 Å². The van der Waals surface area contributed by atoms with Gasteiger partial charge in [0.05, 0.1) is 6.10 Å². The number of carbonyl (C=O) groups excluding carboxylic acids is 1. The molecule has 1 aliphatic rings. The number of rotatable bonds is 5. The second kappa shape index (κ2) is 7.54. The predicted molar refractivity (Wildman–Crippen MR) is 76.4 cm³/mol. The smallest absolute Gasteiger partial charge is 0.306 e. The van der Waals surface area contributed by atoms with E-state index in [9.17, 15) is 15.0 Å². The number of carbonyl (C=O) groups is 1. The molecule has 0 aromatic heterocycles. The Balaban J connectivity index is 1.73. The van der Waals surface area contributed by atoms with E-state index in [-0.39, 0.29) is 24.9 Å². The van der Waals surface area contributed by atoms with Crippen LogP contribution in [-0.2, 0) is 20.7 Å². The van der Waals surface area contributed by atoms with Gasteiger partial charge < -0.3 is 19.7 Å². The topological polar surface area (TPSA) is 76.0 Å². The van der Waals surface area contributed by atoms with Crippen molar-refractivity contribution in [2.75, 3.05) is 6.61 Å². The van der Waals surface area contributed by atoms with Gasteiger partial charge in [-0.1, -0.05) is 37.3 Å². The molecule has 2 N–H and O–H groups in total. The molecule has 0 saturated carbocycles. The third-order valence-corrected chi connectivity index (χ3v) is 3.74. The van der Waals surface area contributed by atoms with E-state index in [1.807, 2.05) is 37.3 Å². The summed E-state index contributed by atoms with van der Waals surface area (Å²) in [5, 5.41) is 19.5. The zero-order valence-electron chi connectivity index (χ0n) is 12.1. The highest BCUT2D eigenvalue weighted by molar-refractivity contribution is 5.69. The molecule has 21 heavy (non-hydrogen) atoms. The fourth-order valence-corrected chi connectivity index (χ4v) is 2.44. The van der Waals surface area contributed by atoms with Crippen LogP contribution < -0.4 is 0 Å². The predicted octanol–water partition coefficient (Wildman–Crippen LogP) is 1.27. The first kappa shape index (κ1) is 15.9. The SMILES string of the molecule is CC1C[C@@H](O)OC(COC(=O)CCc2ccccc2)[C@H]1O. The molecule has 0 spiro atoms. The summed E-state index contributed by atoms with van der Waals surface area (Å²) >= 11 is 0. The average Bonchev–Trinajstić information content (AvgIpc) is 2.48. The Morgan fingerprint density at radius 3 is 2.76 bits per heavy atom. The summed E-state index contributed by atoms with van der Waals surface area (Å²) in [5.41, 5.74) is 1.08. The van der Waals surface area contributed by atoms with E-state index in [1.165, 1.54) is 0 Å². The van der Waals surface area contributed by atoms with Crippen LogP contribution in [0.4, 0.5) is 0 Å². The fraction of sp³-hybridized carbons (Fsp3) is 0.562. The van der Waals surface area contributed by atoms with Gasteiger partial charge >= 0.3 is 5.97 Å². The van der Waals surface area contributed by atoms with Crippen molar-refractivity contribution in [1.29, 1.82) is 0 Å². The van der Waals surface area contributed by atoms with Crippen LogP contribution in [0, 0.1) is 5.92 Å². The van der Waals surface area contributed by atoms with E-state index in [0.29, 0.717) is 12.8 Å². The summed E-state index contributed by atoms with van der Waals surface area (Å²) in [5.74, 6) is -0.413. The summed E-state index contributed by atoms with van der Waals surface area (Å²) in [6.07, 6.45) is -1.01. The molecule has 5 heteroatoms. The monoisotopic (exact) mass is 294 g/mol. The Hall–Kier alpha value is -1.43. The number of hydrogen-bond acceptors (Lipinski definition) is 5. The van der Waals surface area contributed by atoms with Crippen molar-refractivity contribution in [1.82, 2.24) is 0 Å². The standard InChI is InChI=1S/C16H22O5/c1-11-9-15(18)21-13(16(11)19)10-20-14(17)8-7-12-5-3-2-4-6-12/h2-6,11,13,15-16,18-19H,7-10H2,1H3/t11?,13?,15-,16-/m0/s1. The Morgan fingerprint density at radius 2 is 2.05 bits per heavy atom. The first-order valence-electron chi connectivity index (χ1n) is 7.27. The Labute approximate surface area is 124 Å². The lowest BCUT2D eigenvalue weighted by Gasteiger charge is -2.35. The highest BCUT2D eigenvalue weighted by Crippen LogP contribution is 2.24. The van der Waals surface area contributed by atoms with Crippen LogP contribution in [0.25, 0.3) is 0 Å². The molecule has 1 fully saturated rings. The molecule has 0 aliphatic carbocycles. The van der Waals surface area contributed by atoms with Crippen LogP contribution in [0.5, 0.6) is 0 Å². The minimum Gasteiger partial charge on any atom is -0.463 e. The Morgan fingerprint density at radius 1 is 1.33 bits per heavy atom. The fourth-order valence-electron chi connectivity index (χ4n) is 2.44. The van der Waals surface area contributed by atoms with Gasteiger partial charge in [0.15, 0.2) is 6.29 Å². The summed E-state index contributed by atoms with van der Waals surface area (Å²) in [6.45, 7) is 1.80. The molecular weight excluding hydrogens is 272 g/mol. The van der Waals surface area contributed by atoms with E-state index in [4.69, 9.17) is 9.47 Å². The van der Waals surface area contributed by atoms with Crippen LogP contribution in [0.1, 0.15) is 25.3 Å². The number of aryl methyl sites for hydroxylation is 1. The first-order valence-corrected chi connectivity index (χ1v) is 7.27. The molecule has 116 valence electrons. The van der Waals surface area contributed by atoms with Gasteiger partial charge in [-0.25, -0.2) is 0 Å². The number of benzene rings is 1. The molecule has 4 atom stereocenters. The quantitative estimate of drug-likeness (QED) is 0.800. The molecule has 1 aromatic carbocycles. The highest BCUT2D eigenvalue weighted by Gasteiger charge is 2.35. The lowest BCUT2D eigenvalue weighted by molar-refractivity contribution is -0.227. The van der Waals surface area contributed by atoms with E-state index in [2.05, 4.69) is 0 Å².